The predicted molar refractivity (Wildman–Crippen MR) is 85.5 cm³/mol. The van der Waals surface area contributed by atoms with Gasteiger partial charge in [-0.2, -0.15) is 0 Å². The molecule has 0 fully saturated rings. The molecule has 0 bridgehead atoms. The molecule has 2 heterocycles. The maximum atomic E-state index is 11.5. The highest BCUT2D eigenvalue weighted by atomic mass is 32.2. The van der Waals surface area contributed by atoms with Crippen molar-refractivity contribution in [1.29, 1.82) is 0 Å². The number of rotatable bonds is 4. The van der Waals surface area contributed by atoms with Crippen LogP contribution in [0, 0.1) is 0 Å². The van der Waals surface area contributed by atoms with Crippen LogP contribution in [0.3, 0.4) is 0 Å². The molecule has 0 radical (unpaired) electrons. The van der Waals surface area contributed by atoms with Gasteiger partial charge >= 0.3 is 0 Å². The molecule has 21 heavy (non-hydrogen) atoms. The van der Waals surface area contributed by atoms with Crippen molar-refractivity contribution in [3.8, 4) is 0 Å². The van der Waals surface area contributed by atoms with E-state index >= 15 is 0 Å². The third-order valence-electron chi connectivity index (χ3n) is 3.43. The van der Waals surface area contributed by atoms with Crippen molar-refractivity contribution in [1.82, 2.24) is 4.90 Å². The molecule has 7 heteroatoms. The first-order valence-electron chi connectivity index (χ1n) is 6.64. The molecule has 1 aromatic carbocycles. The molecule has 0 aromatic heterocycles. The Bertz CT molecular complexity index is 693. The van der Waals surface area contributed by atoms with Gasteiger partial charge in [0.15, 0.2) is 5.17 Å². The Kier molecular flexibility index (Phi) is 4.05. The van der Waals surface area contributed by atoms with Gasteiger partial charge in [-0.3, -0.25) is 0 Å². The molecule has 112 valence electrons. The number of hydrogen-bond acceptors (Lipinski definition) is 5. The van der Waals surface area contributed by atoms with Gasteiger partial charge in [0.2, 0.25) is 0 Å². The second kappa shape index (κ2) is 5.82. The highest BCUT2D eigenvalue weighted by molar-refractivity contribution is 8.17. The van der Waals surface area contributed by atoms with Crippen LogP contribution in [-0.2, 0) is 21.2 Å². The summed E-state index contributed by atoms with van der Waals surface area (Å²) in [7, 11) is -1.59. The van der Waals surface area contributed by atoms with Crippen LogP contribution in [0.2, 0.25) is 0 Å². The van der Waals surface area contributed by atoms with Crippen LogP contribution in [0.1, 0.15) is 11.1 Å². The molecule has 0 spiro atoms. The number of benzene rings is 1. The van der Waals surface area contributed by atoms with Gasteiger partial charge in [-0.15, -0.1) is 4.40 Å². The number of ether oxygens (including phenoxy) is 1. The Labute approximate surface area is 128 Å². The van der Waals surface area contributed by atoms with Gasteiger partial charge in [-0.25, -0.2) is 8.42 Å². The molecular formula is C14H16N2O3S2. The van der Waals surface area contributed by atoms with Gasteiger partial charge < -0.3 is 9.64 Å². The molecule has 2 aliphatic heterocycles. The third-order valence-corrected chi connectivity index (χ3v) is 5.56. The molecule has 0 saturated carbocycles. The smallest absolute Gasteiger partial charge is 0.257 e. The molecule has 2 aliphatic rings. The van der Waals surface area contributed by atoms with Gasteiger partial charge in [0.25, 0.3) is 10.0 Å². The van der Waals surface area contributed by atoms with Gasteiger partial charge in [-0.1, -0.05) is 36.0 Å². The summed E-state index contributed by atoms with van der Waals surface area (Å²) in [6, 6.07) is 8.28. The van der Waals surface area contributed by atoms with E-state index in [0.29, 0.717) is 18.3 Å². The van der Waals surface area contributed by atoms with Gasteiger partial charge in [0, 0.05) is 19.1 Å². The molecule has 0 saturated heterocycles. The second-order valence-electron chi connectivity index (χ2n) is 4.87. The second-order valence-corrected chi connectivity index (χ2v) is 7.46. The van der Waals surface area contributed by atoms with Gasteiger partial charge in [0.05, 0.1) is 18.1 Å². The summed E-state index contributed by atoms with van der Waals surface area (Å²) in [5, 5.41) is 2.52. The van der Waals surface area contributed by atoms with Gasteiger partial charge in [-0.05, 0) is 17.5 Å². The fourth-order valence-corrected chi connectivity index (χ4v) is 4.43. The predicted octanol–water partition coefficient (Wildman–Crippen LogP) is 1.92. The first kappa shape index (κ1) is 14.6. The molecule has 0 unspecified atom stereocenters. The third kappa shape index (κ3) is 3.14. The van der Waals surface area contributed by atoms with Crippen molar-refractivity contribution < 1.29 is 13.2 Å². The number of amidine groups is 1. The number of fused-ring (bicyclic) bond motifs is 1. The van der Waals surface area contributed by atoms with Crippen LogP contribution < -0.4 is 0 Å². The van der Waals surface area contributed by atoms with E-state index in [1.165, 1.54) is 17.3 Å². The Balaban J connectivity index is 1.79. The van der Waals surface area contributed by atoms with Crippen molar-refractivity contribution in [2.45, 2.75) is 6.42 Å². The summed E-state index contributed by atoms with van der Waals surface area (Å²) in [6.45, 7) is 1.17. The molecule has 0 amide bonds. The lowest BCUT2D eigenvalue weighted by molar-refractivity contribution is 0.202. The summed E-state index contributed by atoms with van der Waals surface area (Å²) in [4.78, 5) is 1.97. The van der Waals surface area contributed by atoms with E-state index in [4.69, 9.17) is 4.74 Å². The van der Waals surface area contributed by atoms with E-state index in [-0.39, 0.29) is 5.75 Å². The summed E-state index contributed by atoms with van der Waals surface area (Å²) in [5.41, 5.74) is 3.32. The molecular weight excluding hydrogens is 308 g/mol. The van der Waals surface area contributed by atoms with Crippen LogP contribution in [-0.4, -0.2) is 44.5 Å². The van der Waals surface area contributed by atoms with E-state index in [1.807, 2.05) is 10.3 Å². The van der Waals surface area contributed by atoms with Crippen molar-refractivity contribution in [3.63, 3.8) is 0 Å². The van der Waals surface area contributed by atoms with Crippen LogP contribution >= 0.6 is 11.8 Å². The minimum atomic E-state index is -3.28. The maximum absolute atomic E-state index is 11.5. The fourth-order valence-electron chi connectivity index (χ4n) is 2.28. The Morgan fingerprint density at radius 1 is 1.33 bits per heavy atom. The number of nitrogens with zero attached hydrogens (tertiary/aromatic N) is 2. The molecule has 0 aliphatic carbocycles. The largest absolute Gasteiger partial charge is 0.384 e. The van der Waals surface area contributed by atoms with Crippen molar-refractivity contribution >= 4 is 32.6 Å². The lowest BCUT2D eigenvalue weighted by Crippen LogP contribution is -2.34. The number of sulfonamides is 1. The van der Waals surface area contributed by atoms with Crippen molar-refractivity contribution in [2.24, 2.45) is 4.40 Å². The SMILES string of the molecule is COCCc1ccc(C2=CSC3=NS(=O)(=O)CCN23)cc1. The summed E-state index contributed by atoms with van der Waals surface area (Å²) >= 11 is 1.36. The zero-order valence-corrected chi connectivity index (χ0v) is 13.3. The van der Waals surface area contributed by atoms with E-state index in [1.54, 1.807) is 7.11 Å². The summed E-state index contributed by atoms with van der Waals surface area (Å²) < 4.78 is 31.9. The first-order valence-corrected chi connectivity index (χ1v) is 9.13. The van der Waals surface area contributed by atoms with E-state index in [0.717, 1.165) is 17.7 Å². The Hall–Kier alpha value is -1.31. The highest BCUT2D eigenvalue weighted by Crippen LogP contribution is 2.35. The molecule has 0 N–H and O–H groups in total. The minimum Gasteiger partial charge on any atom is -0.384 e. The molecule has 1 aromatic rings. The van der Waals surface area contributed by atoms with Crippen LogP contribution in [0.15, 0.2) is 34.1 Å². The zero-order valence-electron chi connectivity index (χ0n) is 11.7. The molecule has 3 rings (SSSR count). The summed E-state index contributed by atoms with van der Waals surface area (Å²) in [6.07, 6.45) is 0.888. The number of methoxy groups -OCH3 is 1. The fraction of sp³-hybridized carbons (Fsp3) is 0.357. The average molecular weight is 324 g/mol. The zero-order chi connectivity index (χ0) is 14.9. The van der Waals surface area contributed by atoms with E-state index < -0.39 is 10.0 Å². The minimum absolute atomic E-state index is 0.0698. The highest BCUT2D eigenvalue weighted by Gasteiger charge is 2.31. The van der Waals surface area contributed by atoms with Crippen LogP contribution in [0.4, 0.5) is 0 Å². The van der Waals surface area contributed by atoms with Crippen molar-refractivity contribution in [2.75, 3.05) is 26.0 Å². The maximum Gasteiger partial charge on any atom is 0.257 e. The summed E-state index contributed by atoms with van der Waals surface area (Å²) in [5.74, 6) is 0.0698. The topological polar surface area (TPSA) is 59.0 Å². The first-order chi connectivity index (χ1) is 10.1. The Morgan fingerprint density at radius 2 is 2.10 bits per heavy atom. The van der Waals surface area contributed by atoms with E-state index in [2.05, 4.69) is 28.7 Å². The lowest BCUT2D eigenvalue weighted by Gasteiger charge is -2.25. The monoisotopic (exact) mass is 324 g/mol. The normalized spacial score (nSPS) is 20.0. The van der Waals surface area contributed by atoms with Crippen LogP contribution in [0.5, 0.6) is 0 Å². The number of thioether (sulfide) groups is 1. The molecule has 0 atom stereocenters. The lowest BCUT2D eigenvalue weighted by atomic mass is 10.1. The van der Waals surface area contributed by atoms with E-state index in [9.17, 15) is 8.42 Å². The Morgan fingerprint density at radius 3 is 2.81 bits per heavy atom. The average Bonchev–Trinajstić information content (AvgIpc) is 2.87. The quantitative estimate of drug-likeness (QED) is 0.847. The van der Waals surface area contributed by atoms with Crippen molar-refractivity contribution in [3.05, 3.63) is 40.8 Å². The van der Waals surface area contributed by atoms with Crippen LogP contribution in [0.25, 0.3) is 5.70 Å². The molecule has 5 nitrogen and oxygen atoms in total. The van der Waals surface area contributed by atoms with Gasteiger partial charge in [0.1, 0.15) is 0 Å². The number of hydrogen-bond donors (Lipinski definition) is 0. The standard InChI is InChI=1S/C14H16N2O3S2/c1-19-8-6-11-2-4-12(5-3-11)13-10-20-14-15-21(17,18)9-7-16(13)14/h2-5,10H,6-9H2,1H3.